The Morgan fingerprint density at radius 3 is 2.88 bits per heavy atom. The minimum Gasteiger partial charge on any atom is -0.380 e. The van der Waals surface area contributed by atoms with Crippen LogP contribution in [0.3, 0.4) is 0 Å². The molecule has 0 bridgehead atoms. The Hall–Kier alpha value is -0.580. The van der Waals surface area contributed by atoms with E-state index in [0.29, 0.717) is 6.10 Å². The lowest BCUT2D eigenvalue weighted by Crippen LogP contribution is -2.24. The van der Waals surface area contributed by atoms with Crippen molar-refractivity contribution in [3.8, 4) is 0 Å². The molecule has 0 amide bonds. The molecular weight excluding hydrogens is 280 g/mol. The van der Waals surface area contributed by atoms with E-state index in [9.17, 15) is 0 Å². The van der Waals surface area contributed by atoms with Gasteiger partial charge in [-0.3, -0.25) is 0 Å². The van der Waals surface area contributed by atoms with Crippen LogP contribution in [-0.4, -0.2) is 26.3 Å². The lowest BCUT2D eigenvalue weighted by molar-refractivity contribution is 0.121. The van der Waals surface area contributed by atoms with Gasteiger partial charge in [-0.25, -0.2) is 0 Å². The Balaban J connectivity index is 2.26. The summed E-state index contributed by atoms with van der Waals surface area (Å²) in [6.07, 6.45) is 1.44. The summed E-state index contributed by atoms with van der Waals surface area (Å²) in [7, 11) is 1.78. The summed E-state index contributed by atoms with van der Waals surface area (Å²) in [5, 5.41) is 0. The molecule has 0 aromatic heterocycles. The van der Waals surface area contributed by atoms with Gasteiger partial charge in [-0.05, 0) is 37.1 Å². The molecule has 2 atom stereocenters. The smallest absolute Gasteiger partial charge is 0.0762 e. The Kier molecular flexibility index (Phi) is 4.07. The predicted octanol–water partition coefficient (Wildman–Crippen LogP) is 2.69. The number of halogens is 1. The fraction of sp³-hybridized carbons (Fsp3) is 0.538. The van der Waals surface area contributed by atoms with Crippen molar-refractivity contribution in [1.82, 2.24) is 0 Å². The van der Waals surface area contributed by atoms with Crippen molar-refractivity contribution >= 4 is 21.6 Å². The van der Waals surface area contributed by atoms with Crippen molar-refractivity contribution in [2.75, 3.05) is 25.1 Å². The zero-order chi connectivity index (χ0) is 12.4. The molecule has 2 N–H and O–H groups in total. The predicted molar refractivity (Wildman–Crippen MR) is 74.4 cm³/mol. The van der Waals surface area contributed by atoms with E-state index in [0.717, 1.165) is 24.0 Å². The zero-order valence-corrected chi connectivity index (χ0v) is 11.9. The van der Waals surface area contributed by atoms with Gasteiger partial charge in [-0.2, -0.15) is 0 Å². The maximum absolute atomic E-state index is 6.04. The lowest BCUT2D eigenvalue weighted by atomic mass is 10.1. The number of rotatable bonds is 3. The minimum absolute atomic E-state index is 0.0455. The summed E-state index contributed by atoms with van der Waals surface area (Å²) in [5.41, 5.74) is 8.47. The Morgan fingerprint density at radius 1 is 1.53 bits per heavy atom. The van der Waals surface area contributed by atoms with Crippen LogP contribution in [0.2, 0.25) is 0 Å². The topological polar surface area (TPSA) is 38.5 Å². The largest absolute Gasteiger partial charge is 0.380 e. The Morgan fingerprint density at radius 2 is 2.29 bits per heavy atom. The van der Waals surface area contributed by atoms with Crippen molar-refractivity contribution in [3.63, 3.8) is 0 Å². The van der Waals surface area contributed by atoms with E-state index < -0.39 is 0 Å². The highest BCUT2D eigenvalue weighted by Crippen LogP contribution is 2.31. The highest BCUT2D eigenvalue weighted by atomic mass is 79.9. The number of nitrogens with two attached hydrogens (primary N) is 1. The second kappa shape index (κ2) is 5.38. The second-order valence-corrected chi connectivity index (χ2v) is 5.50. The molecule has 1 fully saturated rings. The van der Waals surface area contributed by atoms with Gasteiger partial charge in [-0.15, -0.1) is 0 Å². The van der Waals surface area contributed by atoms with Crippen molar-refractivity contribution in [2.24, 2.45) is 5.73 Å². The van der Waals surface area contributed by atoms with Crippen molar-refractivity contribution in [2.45, 2.75) is 25.5 Å². The second-order valence-electron chi connectivity index (χ2n) is 4.58. The van der Waals surface area contributed by atoms with Crippen LogP contribution >= 0.6 is 15.9 Å². The molecule has 1 saturated heterocycles. The average Bonchev–Trinajstić information content (AvgIpc) is 2.77. The number of ether oxygens (including phenoxy) is 1. The number of hydrogen-bond donors (Lipinski definition) is 1. The molecule has 1 heterocycles. The van der Waals surface area contributed by atoms with Gasteiger partial charge in [0.05, 0.1) is 6.10 Å². The van der Waals surface area contributed by atoms with Gasteiger partial charge in [0, 0.05) is 36.4 Å². The number of methoxy groups -OCH3 is 1. The SMILES string of the molecule is COC1CCN(c2ccc(Br)cc2C(C)N)C1. The molecule has 3 nitrogen and oxygen atoms in total. The quantitative estimate of drug-likeness (QED) is 0.932. The first kappa shape index (κ1) is 12.9. The average molecular weight is 299 g/mol. The molecule has 1 aliphatic rings. The lowest BCUT2D eigenvalue weighted by Gasteiger charge is -2.23. The summed E-state index contributed by atoms with van der Waals surface area (Å²) in [6.45, 7) is 4.02. The first-order chi connectivity index (χ1) is 8.11. The Bertz CT molecular complexity index is 395. The first-order valence-electron chi connectivity index (χ1n) is 5.94. The number of hydrogen-bond acceptors (Lipinski definition) is 3. The van der Waals surface area contributed by atoms with E-state index in [1.54, 1.807) is 7.11 Å². The fourth-order valence-corrected chi connectivity index (χ4v) is 2.70. The van der Waals surface area contributed by atoms with Crippen LogP contribution in [0.15, 0.2) is 22.7 Å². The third-order valence-corrected chi connectivity index (χ3v) is 3.79. The molecule has 17 heavy (non-hydrogen) atoms. The van der Waals surface area contributed by atoms with Crippen LogP contribution < -0.4 is 10.6 Å². The van der Waals surface area contributed by atoms with Gasteiger partial charge in [0.1, 0.15) is 0 Å². The maximum Gasteiger partial charge on any atom is 0.0762 e. The molecule has 0 aliphatic carbocycles. The highest BCUT2D eigenvalue weighted by molar-refractivity contribution is 9.10. The molecule has 1 aromatic carbocycles. The van der Waals surface area contributed by atoms with Gasteiger partial charge in [0.2, 0.25) is 0 Å². The normalized spacial score (nSPS) is 21.9. The van der Waals surface area contributed by atoms with Gasteiger partial charge in [0.25, 0.3) is 0 Å². The standard InChI is InChI=1S/C13H19BrN2O/c1-9(15)12-7-10(14)3-4-13(12)16-6-5-11(8-16)17-2/h3-4,7,9,11H,5-6,8,15H2,1-2H3. The summed E-state index contributed by atoms with van der Waals surface area (Å²) >= 11 is 3.50. The first-order valence-corrected chi connectivity index (χ1v) is 6.74. The molecule has 0 spiro atoms. The van der Waals surface area contributed by atoms with E-state index in [4.69, 9.17) is 10.5 Å². The fourth-order valence-electron chi connectivity index (χ4n) is 2.32. The van der Waals surface area contributed by atoms with Gasteiger partial charge in [0.15, 0.2) is 0 Å². The van der Waals surface area contributed by atoms with Crippen molar-refractivity contribution < 1.29 is 4.74 Å². The van der Waals surface area contributed by atoms with E-state index >= 15 is 0 Å². The molecule has 1 aliphatic heterocycles. The van der Waals surface area contributed by atoms with Gasteiger partial charge >= 0.3 is 0 Å². The molecule has 0 radical (unpaired) electrons. The van der Waals surface area contributed by atoms with Crippen molar-refractivity contribution in [1.29, 1.82) is 0 Å². The van der Waals surface area contributed by atoms with E-state index in [-0.39, 0.29) is 6.04 Å². The zero-order valence-electron chi connectivity index (χ0n) is 10.3. The van der Waals surface area contributed by atoms with Crippen molar-refractivity contribution in [3.05, 3.63) is 28.2 Å². The van der Waals surface area contributed by atoms with E-state index in [1.807, 2.05) is 6.92 Å². The van der Waals surface area contributed by atoms with E-state index in [2.05, 4.69) is 39.0 Å². The third-order valence-electron chi connectivity index (χ3n) is 3.30. The summed E-state index contributed by atoms with van der Waals surface area (Å²) in [4.78, 5) is 2.36. The summed E-state index contributed by atoms with van der Waals surface area (Å²) in [5.74, 6) is 0. The van der Waals surface area contributed by atoms with E-state index in [1.165, 1.54) is 11.3 Å². The number of benzene rings is 1. The number of anilines is 1. The van der Waals surface area contributed by atoms with Crippen LogP contribution in [-0.2, 0) is 4.74 Å². The monoisotopic (exact) mass is 298 g/mol. The molecule has 1 aromatic rings. The molecule has 4 heteroatoms. The van der Waals surface area contributed by atoms with Gasteiger partial charge in [-0.1, -0.05) is 15.9 Å². The minimum atomic E-state index is 0.0455. The Labute approximate surface area is 111 Å². The maximum atomic E-state index is 6.04. The molecule has 0 saturated carbocycles. The molecular formula is C13H19BrN2O. The summed E-state index contributed by atoms with van der Waals surface area (Å²) in [6, 6.07) is 6.37. The third kappa shape index (κ3) is 2.81. The van der Waals surface area contributed by atoms with Crippen LogP contribution in [0.5, 0.6) is 0 Å². The number of nitrogens with zero attached hydrogens (tertiary/aromatic N) is 1. The van der Waals surface area contributed by atoms with Crippen LogP contribution in [0.25, 0.3) is 0 Å². The van der Waals surface area contributed by atoms with Crippen LogP contribution in [0, 0.1) is 0 Å². The van der Waals surface area contributed by atoms with Crippen LogP contribution in [0.4, 0.5) is 5.69 Å². The molecule has 2 unspecified atom stereocenters. The highest BCUT2D eigenvalue weighted by Gasteiger charge is 2.24. The van der Waals surface area contributed by atoms with Gasteiger partial charge < -0.3 is 15.4 Å². The van der Waals surface area contributed by atoms with Crippen LogP contribution in [0.1, 0.15) is 24.9 Å². The summed E-state index contributed by atoms with van der Waals surface area (Å²) < 4.78 is 6.48. The molecule has 94 valence electrons. The molecule has 2 rings (SSSR count).